The topological polar surface area (TPSA) is 97.8 Å². The number of hydrogen-bond donors (Lipinski definition) is 2. The van der Waals surface area contributed by atoms with Crippen LogP contribution >= 0.6 is 0 Å². The molecule has 27 heavy (non-hydrogen) atoms. The Bertz CT molecular complexity index is 974. The molecule has 7 nitrogen and oxygen atoms in total. The third-order valence-electron chi connectivity index (χ3n) is 5.40. The molecule has 0 unspecified atom stereocenters. The van der Waals surface area contributed by atoms with E-state index in [9.17, 15) is 19.1 Å². The Labute approximate surface area is 155 Å². The molecule has 0 amide bonds. The van der Waals surface area contributed by atoms with E-state index in [0.717, 1.165) is 25.1 Å². The molecule has 8 heteroatoms. The molecule has 2 fully saturated rings. The zero-order chi connectivity index (χ0) is 19.3. The van der Waals surface area contributed by atoms with Crippen LogP contribution in [-0.4, -0.2) is 48.1 Å². The molecule has 3 atom stereocenters. The molecule has 2 aliphatic rings. The predicted octanol–water partition coefficient (Wildman–Crippen LogP) is 1.92. The van der Waals surface area contributed by atoms with E-state index >= 15 is 0 Å². The second-order valence-electron chi connectivity index (χ2n) is 7.27. The average molecular weight is 375 g/mol. The molecule has 4 rings (SSSR count). The third-order valence-corrected chi connectivity index (χ3v) is 5.40. The van der Waals surface area contributed by atoms with Gasteiger partial charge in [-0.25, -0.2) is 9.18 Å². The van der Waals surface area contributed by atoms with Crippen molar-refractivity contribution in [2.45, 2.75) is 37.5 Å². The molecule has 1 saturated carbocycles. The summed E-state index contributed by atoms with van der Waals surface area (Å²) in [5.74, 6) is -0.869. The first-order valence-corrected chi connectivity index (χ1v) is 9.06. The van der Waals surface area contributed by atoms with Crippen molar-refractivity contribution in [2.24, 2.45) is 5.73 Å². The molecule has 1 saturated heterocycles. The van der Waals surface area contributed by atoms with E-state index in [4.69, 9.17) is 10.5 Å². The highest BCUT2D eigenvalue weighted by Gasteiger charge is 2.41. The Morgan fingerprint density at radius 1 is 1.41 bits per heavy atom. The number of methoxy groups -OCH3 is 1. The van der Waals surface area contributed by atoms with Crippen molar-refractivity contribution in [2.75, 3.05) is 25.1 Å². The van der Waals surface area contributed by atoms with E-state index in [-0.39, 0.29) is 17.0 Å². The lowest BCUT2D eigenvalue weighted by Gasteiger charge is -2.34. The highest BCUT2D eigenvalue weighted by molar-refractivity contribution is 5.97. The number of carbonyl (C=O) groups is 1. The Morgan fingerprint density at radius 3 is 2.74 bits per heavy atom. The standard InChI is InChI=1S/C19H22FN3O4/c1-27-18-14(22-6-2-3-10(21)8-22)5-4-11-16(18)23(15-7-13(15)20)9-12(17(11)24)19(25)26/h4-5,9-10,13,15H,2-3,6-8,21H2,1H3,(H,25,26)/t10-,13-,15+/m0/s1. The number of nitrogens with two attached hydrogens (primary N) is 1. The monoisotopic (exact) mass is 375 g/mol. The number of aromatic nitrogens is 1. The van der Waals surface area contributed by atoms with Gasteiger partial charge in [-0.3, -0.25) is 4.79 Å². The Hall–Kier alpha value is -2.61. The van der Waals surface area contributed by atoms with Crippen LogP contribution in [0.1, 0.15) is 35.7 Å². The molecule has 1 aliphatic heterocycles. The lowest BCUT2D eigenvalue weighted by atomic mass is 10.0. The first-order valence-electron chi connectivity index (χ1n) is 9.06. The van der Waals surface area contributed by atoms with Crippen LogP contribution in [0.25, 0.3) is 10.9 Å². The van der Waals surface area contributed by atoms with Gasteiger partial charge in [0.2, 0.25) is 5.43 Å². The number of nitrogens with zero attached hydrogens (tertiary/aromatic N) is 2. The summed E-state index contributed by atoms with van der Waals surface area (Å²) in [6.07, 6.45) is 2.37. The van der Waals surface area contributed by atoms with Crippen LogP contribution in [-0.2, 0) is 0 Å². The zero-order valence-electron chi connectivity index (χ0n) is 15.0. The Balaban J connectivity index is 1.98. The molecule has 0 radical (unpaired) electrons. The average Bonchev–Trinajstić information content (AvgIpc) is 3.37. The molecule has 1 aromatic carbocycles. The minimum atomic E-state index is -1.32. The third kappa shape index (κ3) is 2.93. The summed E-state index contributed by atoms with van der Waals surface area (Å²) in [5.41, 5.74) is 6.36. The highest BCUT2D eigenvalue weighted by Crippen LogP contribution is 2.44. The quantitative estimate of drug-likeness (QED) is 0.847. The Kier molecular flexibility index (Phi) is 4.30. The number of piperidine rings is 1. The van der Waals surface area contributed by atoms with Crippen molar-refractivity contribution >= 4 is 22.6 Å². The van der Waals surface area contributed by atoms with Gasteiger partial charge in [0, 0.05) is 31.7 Å². The number of carboxylic acid groups (broad SMARTS) is 1. The van der Waals surface area contributed by atoms with Gasteiger partial charge >= 0.3 is 5.97 Å². The molecule has 0 bridgehead atoms. The fraction of sp³-hybridized carbons (Fsp3) is 0.474. The van der Waals surface area contributed by atoms with Crippen LogP contribution < -0.4 is 20.8 Å². The van der Waals surface area contributed by atoms with Gasteiger partial charge in [-0.05, 0) is 25.0 Å². The summed E-state index contributed by atoms with van der Waals surface area (Å²) in [6, 6.07) is 2.93. The van der Waals surface area contributed by atoms with Gasteiger partial charge in [-0.1, -0.05) is 0 Å². The fourth-order valence-corrected chi connectivity index (χ4v) is 3.94. The van der Waals surface area contributed by atoms with Crippen molar-refractivity contribution in [1.29, 1.82) is 0 Å². The lowest BCUT2D eigenvalue weighted by molar-refractivity contribution is 0.0694. The molecule has 3 N–H and O–H groups in total. The van der Waals surface area contributed by atoms with Crippen LogP contribution in [0.15, 0.2) is 23.1 Å². The summed E-state index contributed by atoms with van der Waals surface area (Å²) >= 11 is 0. The number of alkyl halides is 1. The first kappa shape index (κ1) is 17.8. The van der Waals surface area contributed by atoms with E-state index in [1.165, 1.54) is 13.3 Å². The van der Waals surface area contributed by atoms with Gasteiger partial charge in [0.25, 0.3) is 0 Å². The normalized spacial score (nSPS) is 24.9. The summed E-state index contributed by atoms with van der Waals surface area (Å²) in [6.45, 7) is 1.47. The summed E-state index contributed by atoms with van der Waals surface area (Å²) in [7, 11) is 1.50. The number of ether oxygens (including phenoxy) is 1. The van der Waals surface area contributed by atoms with Crippen molar-refractivity contribution in [3.63, 3.8) is 0 Å². The molecule has 1 aromatic heterocycles. The van der Waals surface area contributed by atoms with E-state index in [1.807, 2.05) is 0 Å². The van der Waals surface area contributed by atoms with E-state index in [0.29, 0.717) is 24.2 Å². The number of aromatic carboxylic acids is 1. The lowest BCUT2D eigenvalue weighted by Crippen LogP contribution is -2.43. The highest BCUT2D eigenvalue weighted by atomic mass is 19.1. The molecule has 144 valence electrons. The van der Waals surface area contributed by atoms with Crippen LogP contribution in [0.3, 0.4) is 0 Å². The number of rotatable bonds is 4. The van der Waals surface area contributed by atoms with E-state index in [2.05, 4.69) is 4.90 Å². The van der Waals surface area contributed by atoms with Gasteiger partial charge in [0.15, 0.2) is 5.75 Å². The molecule has 2 heterocycles. The fourth-order valence-electron chi connectivity index (χ4n) is 3.94. The molecule has 0 spiro atoms. The zero-order valence-corrected chi connectivity index (χ0v) is 15.0. The maximum absolute atomic E-state index is 13.9. The van der Waals surface area contributed by atoms with Crippen LogP contribution in [0.5, 0.6) is 5.75 Å². The van der Waals surface area contributed by atoms with Crippen molar-refractivity contribution in [1.82, 2.24) is 4.57 Å². The molecule has 2 aromatic rings. The van der Waals surface area contributed by atoms with Crippen LogP contribution in [0, 0.1) is 0 Å². The second kappa shape index (κ2) is 6.53. The smallest absolute Gasteiger partial charge is 0.341 e. The van der Waals surface area contributed by atoms with E-state index in [1.54, 1.807) is 16.7 Å². The van der Waals surface area contributed by atoms with Gasteiger partial charge in [-0.15, -0.1) is 0 Å². The summed E-state index contributed by atoms with van der Waals surface area (Å²) in [4.78, 5) is 26.3. The number of anilines is 1. The van der Waals surface area contributed by atoms with Gasteiger partial charge in [0.05, 0.1) is 29.7 Å². The molecule has 1 aliphatic carbocycles. The maximum Gasteiger partial charge on any atom is 0.341 e. The van der Waals surface area contributed by atoms with Gasteiger partial charge in [0.1, 0.15) is 11.7 Å². The summed E-state index contributed by atoms with van der Waals surface area (Å²) < 4.78 is 21.0. The number of halogens is 1. The van der Waals surface area contributed by atoms with Crippen molar-refractivity contribution in [3.8, 4) is 5.75 Å². The number of fused-ring (bicyclic) bond motifs is 1. The Morgan fingerprint density at radius 2 is 2.15 bits per heavy atom. The minimum absolute atomic E-state index is 0.0504. The number of benzene rings is 1. The van der Waals surface area contributed by atoms with Gasteiger partial charge < -0.3 is 25.0 Å². The predicted molar refractivity (Wildman–Crippen MR) is 99.7 cm³/mol. The van der Waals surface area contributed by atoms with E-state index < -0.39 is 23.6 Å². The largest absolute Gasteiger partial charge is 0.492 e. The molecular weight excluding hydrogens is 353 g/mol. The molecular formula is C19H22FN3O4. The SMILES string of the molecule is COc1c(N2CCC[C@H](N)C2)ccc2c(=O)c(C(=O)O)cn([C@@H]3C[C@@H]3F)c12. The first-order chi connectivity index (χ1) is 12.9. The summed E-state index contributed by atoms with van der Waals surface area (Å²) in [5, 5.41) is 9.59. The van der Waals surface area contributed by atoms with Crippen molar-refractivity contribution in [3.05, 3.63) is 34.1 Å². The number of pyridine rings is 1. The maximum atomic E-state index is 13.9. The van der Waals surface area contributed by atoms with Crippen LogP contribution in [0.2, 0.25) is 0 Å². The van der Waals surface area contributed by atoms with Crippen molar-refractivity contribution < 1.29 is 19.0 Å². The number of carboxylic acids is 1. The second-order valence-corrected chi connectivity index (χ2v) is 7.27. The van der Waals surface area contributed by atoms with Gasteiger partial charge in [-0.2, -0.15) is 0 Å². The number of hydrogen-bond acceptors (Lipinski definition) is 5. The minimum Gasteiger partial charge on any atom is -0.492 e. The van der Waals surface area contributed by atoms with Crippen LogP contribution in [0.4, 0.5) is 10.1 Å².